The molecule has 0 aliphatic carbocycles. The van der Waals surface area contributed by atoms with Gasteiger partial charge in [-0.25, -0.2) is 4.98 Å². The molecule has 1 amide bonds. The first-order valence-corrected chi connectivity index (χ1v) is 11.3. The molecule has 5 atom stereocenters. The number of esters is 1. The highest BCUT2D eigenvalue weighted by molar-refractivity contribution is 6.29. The van der Waals surface area contributed by atoms with Crippen molar-refractivity contribution in [3.63, 3.8) is 0 Å². The monoisotopic (exact) mass is 442 g/mol. The molecule has 31 heavy (non-hydrogen) atoms. The average molecular weight is 443 g/mol. The van der Waals surface area contributed by atoms with E-state index in [-0.39, 0.29) is 30.3 Å². The number of fused-ring (bicyclic) bond motifs is 2. The van der Waals surface area contributed by atoms with Crippen molar-refractivity contribution in [1.82, 2.24) is 10.3 Å². The number of hydrogen-bond acceptors (Lipinski definition) is 4. The lowest BCUT2D eigenvalue weighted by Crippen LogP contribution is -2.50. The van der Waals surface area contributed by atoms with Gasteiger partial charge in [-0.2, -0.15) is 0 Å². The minimum Gasteiger partial charge on any atom is -0.465 e. The van der Waals surface area contributed by atoms with Gasteiger partial charge in [0, 0.05) is 24.6 Å². The molecule has 2 aromatic rings. The highest BCUT2D eigenvalue weighted by Gasteiger charge is 2.65. The van der Waals surface area contributed by atoms with E-state index in [1.807, 2.05) is 12.1 Å². The normalized spacial score (nSPS) is 29.0. The van der Waals surface area contributed by atoms with Crippen molar-refractivity contribution >= 4 is 23.5 Å². The van der Waals surface area contributed by atoms with Gasteiger partial charge in [-0.15, -0.1) is 0 Å². The zero-order chi connectivity index (χ0) is 22.0. The first-order chi connectivity index (χ1) is 14.9. The molecule has 6 nitrogen and oxygen atoms in total. The van der Waals surface area contributed by atoms with Crippen LogP contribution in [-0.2, 0) is 20.9 Å². The zero-order valence-corrected chi connectivity index (χ0v) is 18.7. The first kappa shape index (κ1) is 21.8. The summed E-state index contributed by atoms with van der Waals surface area (Å²) in [6.45, 7) is 2.82. The van der Waals surface area contributed by atoms with Gasteiger partial charge in [0.05, 0.1) is 25.6 Å². The molecule has 1 aromatic heterocycles. The van der Waals surface area contributed by atoms with Gasteiger partial charge in [-0.1, -0.05) is 48.0 Å². The van der Waals surface area contributed by atoms with E-state index in [9.17, 15) is 9.59 Å². The number of likely N-dealkylation sites (N-methyl/N-ethyl adjacent to an activating group) is 1. The summed E-state index contributed by atoms with van der Waals surface area (Å²) < 4.78 is 5.79. The summed E-state index contributed by atoms with van der Waals surface area (Å²) in [5.41, 5.74) is 2.30. The van der Waals surface area contributed by atoms with Crippen molar-refractivity contribution in [1.29, 1.82) is 0 Å². The van der Waals surface area contributed by atoms with E-state index >= 15 is 0 Å². The summed E-state index contributed by atoms with van der Waals surface area (Å²) in [6.07, 6.45) is 3.85. The summed E-state index contributed by atoms with van der Waals surface area (Å²) in [5.74, 6) is -0.702. The van der Waals surface area contributed by atoms with E-state index < -0.39 is 5.97 Å². The molecule has 0 spiro atoms. The number of nitrogens with zero attached hydrogens (tertiary/aromatic N) is 2. The molecule has 3 heterocycles. The second-order valence-corrected chi connectivity index (χ2v) is 9.08. The van der Waals surface area contributed by atoms with Crippen LogP contribution >= 0.6 is 11.6 Å². The standard InChI is InChI=1S/C24H28ClN3O3/c1-3-31-21(29)14-27-24(30)23-19-11-10-18(22(23)17-9-12-20(25)26-13-17)28(19,2)15-16-7-5-4-6-8-16/h4-9,12-13,18-19,22-23H,3,10-11,14-15H2,1-2H3/p+1/t18-,19+,22-,23-,28?/m1/s1. The topological polar surface area (TPSA) is 68.3 Å². The quantitative estimate of drug-likeness (QED) is 0.406. The Morgan fingerprint density at radius 1 is 1.16 bits per heavy atom. The Morgan fingerprint density at radius 2 is 1.90 bits per heavy atom. The largest absolute Gasteiger partial charge is 0.465 e. The van der Waals surface area contributed by atoms with Crippen LogP contribution in [0.15, 0.2) is 48.7 Å². The van der Waals surface area contributed by atoms with Crippen LogP contribution in [-0.4, -0.2) is 53.6 Å². The average Bonchev–Trinajstić information content (AvgIpc) is 3.20. The second-order valence-electron chi connectivity index (χ2n) is 8.69. The predicted octanol–water partition coefficient (Wildman–Crippen LogP) is 3.31. The van der Waals surface area contributed by atoms with Gasteiger partial charge in [0.15, 0.2) is 0 Å². The van der Waals surface area contributed by atoms with Gasteiger partial charge in [-0.05, 0) is 18.6 Å². The molecule has 1 aromatic carbocycles. The summed E-state index contributed by atoms with van der Waals surface area (Å²) in [6, 6.07) is 14.7. The number of halogens is 1. The Hall–Kier alpha value is -2.44. The lowest BCUT2D eigenvalue weighted by Gasteiger charge is -2.36. The minimum absolute atomic E-state index is 0.0272. The Morgan fingerprint density at radius 3 is 2.58 bits per heavy atom. The van der Waals surface area contributed by atoms with Crippen molar-refractivity contribution in [2.45, 2.75) is 44.3 Å². The Balaban J connectivity index is 1.64. The summed E-state index contributed by atoms with van der Waals surface area (Å²) >= 11 is 6.03. The van der Waals surface area contributed by atoms with Crippen molar-refractivity contribution in [2.75, 3.05) is 20.2 Å². The third kappa shape index (κ3) is 4.19. The fourth-order valence-corrected chi connectivity index (χ4v) is 5.91. The number of rotatable bonds is 7. The fourth-order valence-electron chi connectivity index (χ4n) is 5.80. The number of pyridine rings is 1. The van der Waals surface area contributed by atoms with Gasteiger partial charge >= 0.3 is 5.97 Å². The number of carbonyl (C=O) groups excluding carboxylic acids is 2. The molecule has 0 radical (unpaired) electrons. The van der Waals surface area contributed by atoms with E-state index in [0.29, 0.717) is 17.8 Å². The molecule has 1 unspecified atom stereocenters. The molecule has 4 rings (SSSR count). The van der Waals surface area contributed by atoms with E-state index in [1.165, 1.54) is 5.56 Å². The third-order valence-electron chi connectivity index (χ3n) is 7.01. The molecule has 0 saturated carbocycles. The summed E-state index contributed by atoms with van der Waals surface area (Å²) in [4.78, 5) is 29.5. The molecular weight excluding hydrogens is 414 g/mol. The van der Waals surface area contributed by atoms with Gasteiger partial charge < -0.3 is 14.5 Å². The molecule has 1 N–H and O–H groups in total. The van der Waals surface area contributed by atoms with Crippen LogP contribution in [0.4, 0.5) is 0 Å². The molecule has 2 saturated heterocycles. The third-order valence-corrected chi connectivity index (χ3v) is 7.23. The molecule has 2 aliphatic heterocycles. The smallest absolute Gasteiger partial charge is 0.325 e. The minimum atomic E-state index is -0.412. The maximum Gasteiger partial charge on any atom is 0.325 e. The van der Waals surface area contributed by atoms with Gasteiger partial charge in [0.1, 0.15) is 30.2 Å². The van der Waals surface area contributed by atoms with Crippen LogP contribution in [0.5, 0.6) is 0 Å². The zero-order valence-electron chi connectivity index (χ0n) is 18.0. The van der Waals surface area contributed by atoms with Crippen molar-refractivity contribution in [3.05, 3.63) is 64.9 Å². The SMILES string of the molecule is CCOC(=O)CNC(=O)[C@H]1[C@H](c2ccc(Cl)nc2)[C@H]2CC[C@@H]1[N+]2(C)Cc1ccccc1. The fraction of sp³-hybridized carbons (Fsp3) is 0.458. The van der Waals surface area contributed by atoms with Crippen LogP contribution in [0.1, 0.15) is 36.8 Å². The Kier molecular flexibility index (Phi) is 6.30. The Labute approximate surface area is 188 Å². The second kappa shape index (κ2) is 8.97. The molecule has 7 heteroatoms. The molecule has 2 aliphatic rings. The van der Waals surface area contributed by atoms with Gasteiger partial charge in [-0.3, -0.25) is 9.59 Å². The number of aromatic nitrogens is 1. The number of amides is 1. The van der Waals surface area contributed by atoms with Gasteiger partial charge in [0.2, 0.25) is 5.91 Å². The predicted molar refractivity (Wildman–Crippen MR) is 118 cm³/mol. The van der Waals surface area contributed by atoms with Crippen LogP contribution in [0.25, 0.3) is 0 Å². The van der Waals surface area contributed by atoms with Gasteiger partial charge in [0.25, 0.3) is 0 Å². The Bertz CT molecular complexity index is 937. The van der Waals surface area contributed by atoms with Crippen LogP contribution in [0, 0.1) is 5.92 Å². The van der Waals surface area contributed by atoms with Crippen molar-refractivity contribution < 1.29 is 18.8 Å². The van der Waals surface area contributed by atoms with Crippen LogP contribution in [0.3, 0.4) is 0 Å². The van der Waals surface area contributed by atoms with E-state index in [1.54, 1.807) is 19.2 Å². The maximum absolute atomic E-state index is 13.4. The number of ether oxygens (including phenoxy) is 1. The van der Waals surface area contributed by atoms with E-state index in [0.717, 1.165) is 29.4 Å². The maximum atomic E-state index is 13.4. The van der Waals surface area contributed by atoms with Crippen molar-refractivity contribution in [2.24, 2.45) is 5.92 Å². The highest BCUT2D eigenvalue weighted by Crippen LogP contribution is 2.55. The number of nitrogens with one attached hydrogen (secondary N) is 1. The number of benzene rings is 1. The van der Waals surface area contributed by atoms with E-state index in [4.69, 9.17) is 16.3 Å². The molecule has 2 fully saturated rings. The molecule has 2 bridgehead atoms. The molecule has 164 valence electrons. The van der Waals surface area contributed by atoms with E-state index in [2.05, 4.69) is 41.6 Å². The van der Waals surface area contributed by atoms with Crippen LogP contribution in [0.2, 0.25) is 5.15 Å². The number of quaternary nitrogens is 1. The number of hydrogen-bond donors (Lipinski definition) is 1. The summed E-state index contributed by atoms with van der Waals surface area (Å²) in [7, 11) is 2.27. The lowest BCUT2D eigenvalue weighted by atomic mass is 9.75. The highest BCUT2D eigenvalue weighted by atomic mass is 35.5. The van der Waals surface area contributed by atoms with Crippen LogP contribution < -0.4 is 5.32 Å². The lowest BCUT2D eigenvalue weighted by molar-refractivity contribution is -0.944. The van der Waals surface area contributed by atoms with Crippen molar-refractivity contribution in [3.8, 4) is 0 Å². The summed E-state index contributed by atoms with van der Waals surface area (Å²) in [5, 5.41) is 3.28. The molecular formula is C24H29ClN3O3+. The first-order valence-electron chi connectivity index (χ1n) is 10.9. The number of carbonyl (C=O) groups is 2.